The highest BCUT2D eigenvalue weighted by atomic mass is 16.5. The maximum absolute atomic E-state index is 12.4. The van der Waals surface area contributed by atoms with E-state index in [2.05, 4.69) is 20.1 Å². The Morgan fingerprint density at radius 2 is 2.07 bits per heavy atom. The van der Waals surface area contributed by atoms with Gasteiger partial charge in [0.05, 0.1) is 23.3 Å². The van der Waals surface area contributed by atoms with Gasteiger partial charge in [-0.15, -0.1) is 0 Å². The number of nitrogens with one attached hydrogen (secondary N) is 1. The van der Waals surface area contributed by atoms with Gasteiger partial charge in [0.25, 0.3) is 0 Å². The molecule has 1 N–H and O–H groups in total. The van der Waals surface area contributed by atoms with Gasteiger partial charge in [0.15, 0.2) is 0 Å². The van der Waals surface area contributed by atoms with Crippen LogP contribution in [0.5, 0.6) is 0 Å². The molecule has 7 nitrogen and oxygen atoms in total. The van der Waals surface area contributed by atoms with Crippen molar-refractivity contribution in [1.29, 1.82) is 0 Å². The molecular formula is C21H25N5O2. The highest BCUT2D eigenvalue weighted by molar-refractivity contribution is 5.80. The Hall–Kier alpha value is -2.70. The lowest BCUT2D eigenvalue weighted by atomic mass is 9.87. The van der Waals surface area contributed by atoms with E-state index in [9.17, 15) is 4.79 Å². The van der Waals surface area contributed by atoms with Gasteiger partial charge in [-0.25, -0.2) is 4.98 Å². The van der Waals surface area contributed by atoms with Crippen LogP contribution in [0.4, 0.5) is 0 Å². The standard InChI is InChI=1S/C21H25N5O2/c27-19-9-7-16(12-26(19)11-14-4-2-1-3-5-14)21-24-20(25-28-21)15-6-8-17-18(10-15)23-13-22-17/h6,8,10,13-14,16H,1-5,7,9,11-12H2,(H,22,23). The molecule has 1 unspecified atom stereocenters. The zero-order valence-electron chi connectivity index (χ0n) is 15.9. The third-order valence-electron chi connectivity index (χ3n) is 6.17. The number of benzene rings is 1. The van der Waals surface area contributed by atoms with Gasteiger partial charge in [0, 0.05) is 25.1 Å². The van der Waals surface area contributed by atoms with Crippen LogP contribution in [0.3, 0.4) is 0 Å². The summed E-state index contributed by atoms with van der Waals surface area (Å²) in [5.41, 5.74) is 2.76. The van der Waals surface area contributed by atoms with Crippen LogP contribution in [-0.4, -0.2) is 44.0 Å². The lowest BCUT2D eigenvalue weighted by Crippen LogP contribution is -2.42. The van der Waals surface area contributed by atoms with Gasteiger partial charge >= 0.3 is 0 Å². The lowest BCUT2D eigenvalue weighted by molar-refractivity contribution is -0.134. The van der Waals surface area contributed by atoms with Gasteiger partial charge in [-0.1, -0.05) is 24.4 Å². The number of carbonyl (C=O) groups excluding carboxylic acids is 1. The Balaban J connectivity index is 1.31. The molecule has 2 fully saturated rings. The van der Waals surface area contributed by atoms with Gasteiger partial charge in [0.2, 0.25) is 17.6 Å². The van der Waals surface area contributed by atoms with Crippen LogP contribution in [0.1, 0.15) is 56.8 Å². The van der Waals surface area contributed by atoms with Crippen molar-refractivity contribution in [3.8, 4) is 11.4 Å². The first-order valence-corrected chi connectivity index (χ1v) is 10.3. The first kappa shape index (κ1) is 17.4. The SMILES string of the molecule is O=C1CCC(c2nc(-c3ccc4nc[nH]c4c3)no2)CN1CC1CCCCC1. The zero-order valence-corrected chi connectivity index (χ0v) is 15.9. The second-order valence-corrected chi connectivity index (χ2v) is 8.13. The summed E-state index contributed by atoms with van der Waals surface area (Å²) < 4.78 is 5.60. The average Bonchev–Trinajstić information content (AvgIpc) is 3.39. The maximum atomic E-state index is 12.4. The molecule has 0 radical (unpaired) electrons. The number of H-pyrrole nitrogens is 1. The topological polar surface area (TPSA) is 87.9 Å². The normalized spacial score (nSPS) is 21.5. The molecule has 1 saturated carbocycles. The summed E-state index contributed by atoms with van der Waals surface area (Å²) in [4.78, 5) is 26.5. The molecule has 0 spiro atoms. The van der Waals surface area contributed by atoms with Crippen molar-refractivity contribution in [2.24, 2.45) is 5.92 Å². The first-order chi connectivity index (χ1) is 13.8. The zero-order chi connectivity index (χ0) is 18.9. The van der Waals surface area contributed by atoms with E-state index >= 15 is 0 Å². The Bertz CT molecular complexity index is 972. The summed E-state index contributed by atoms with van der Waals surface area (Å²) >= 11 is 0. The molecule has 2 aliphatic rings. The molecule has 3 aromatic rings. The van der Waals surface area contributed by atoms with E-state index in [4.69, 9.17) is 4.52 Å². The van der Waals surface area contributed by atoms with Crippen molar-refractivity contribution in [3.05, 3.63) is 30.4 Å². The van der Waals surface area contributed by atoms with Gasteiger partial charge in [-0.05, 0) is 43.4 Å². The molecular weight excluding hydrogens is 354 g/mol. The van der Waals surface area contributed by atoms with E-state index in [-0.39, 0.29) is 11.8 Å². The Morgan fingerprint density at radius 3 is 2.96 bits per heavy atom. The molecule has 1 aliphatic carbocycles. The second kappa shape index (κ2) is 7.37. The number of amides is 1. The number of imidazole rings is 1. The van der Waals surface area contributed by atoms with E-state index in [0.717, 1.165) is 29.6 Å². The molecule has 1 atom stereocenters. The monoisotopic (exact) mass is 379 g/mol. The van der Waals surface area contributed by atoms with Crippen molar-refractivity contribution in [3.63, 3.8) is 0 Å². The Morgan fingerprint density at radius 1 is 1.18 bits per heavy atom. The van der Waals surface area contributed by atoms with Gasteiger partial charge in [-0.3, -0.25) is 4.79 Å². The van der Waals surface area contributed by atoms with E-state index in [1.54, 1.807) is 6.33 Å². The van der Waals surface area contributed by atoms with Crippen molar-refractivity contribution >= 4 is 16.9 Å². The fourth-order valence-corrected chi connectivity index (χ4v) is 4.57. The molecule has 5 rings (SSSR count). The quantitative estimate of drug-likeness (QED) is 0.743. The number of aromatic amines is 1. The molecule has 28 heavy (non-hydrogen) atoms. The summed E-state index contributed by atoms with van der Waals surface area (Å²) in [6, 6.07) is 5.89. The smallest absolute Gasteiger partial charge is 0.231 e. The van der Waals surface area contributed by atoms with Crippen LogP contribution >= 0.6 is 0 Å². The van der Waals surface area contributed by atoms with Crippen LogP contribution in [0, 0.1) is 5.92 Å². The number of hydrogen-bond acceptors (Lipinski definition) is 5. The minimum Gasteiger partial charge on any atom is -0.345 e. The molecule has 1 aliphatic heterocycles. The van der Waals surface area contributed by atoms with Crippen molar-refractivity contribution in [2.45, 2.75) is 50.9 Å². The highest BCUT2D eigenvalue weighted by Gasteiger charge is 2.32. The van der Waals surface area contributed by atoms with Gasteiger partial charge < -0.3 is 14.4 Å². The molecule has 1 aromatic carbocycles. The van der Waals surface area contributed by atoms with Crippen molar-refractivity contribution < 1.29 is 9.32 Å². The summed E-state index contributed by atoms with van der Waals surface area (Å²) in [7, 11) is 0. The van der Waals surface area contributed by atoms with Crippen LogP contribution < -0.4 is 0 Å². The molecule has 146 valence electrons. The number of likely N-dealkylation sites (tertiary alicyclic amines) is 1. The first-order valence-electron chi connectivity index (χ1n) is 10.3. The number of nitrogens with zero attached hydrogens (tertiary/aromatic N) is 4. The number of rotatable bonds is 4. The Labute approximate surface area is 163 Å². The summed E-state index contributed by atoms with van der Waals surface area (Å²) in [6.45, 7) is 1.57. The molecule has 0 bridgehead atoms. The van der Waals surface area contributed by atoms with Crippen LogP contribution in [-0.2, 0) is 4.79 Å². The third-order valence-corrected chi connectivity index (χ3v) is 6.17. The molecule has 1 saturated heterocycles. The lowest BCUT2D eigenvalue weighted by Gasteiger charge is -2.34. The molecule has 1 amide bonds. The molecule has 3 heterocycles. The largest absolute Gasteiger partial charge is 0.345 e. The summed E-state index contributed by atoms with van der Waals surface area (Å²) in [6.07, 6.45) is 9.44. The van der Waals surface area contributed by atoms with Crippen LogP contribution in [0.2, 0.25) is 0 Å². The minimum absolute atomic E-state index is 0.124. The van der Waals surface area contributed by atoms with E-state index in [1.807, 2.05) is 23.1 Å². The average molecular weight is 379 g/mol. The second-order valence-electron chi connectivity index (χ2n) is 8.13. The van der Waals surface area contributed by atoms with Crippen LogP contribution in [0.15, 0.2) is 29.0 Å². The summed E-state index contributed by atoms with van der Waals surface area (Å²) in [5.74, 6) is 2.27. The number of piperidine rings is 1. The van der Waals surface area contributed by atoms with E-state index in [0.29, 0.717) is 30.6 Å². The van der Waals surface area contributed by atoms with Crippen molar-refractivity contribution in [1.82, 2.24) is 25.0 Å². The van der Waals surface area contributed by atoms with Gasteiger partial charge in [-0.2, -0.15) is 4.98 Å². The summed E-state index contributed by atoms with van der Waals surface area (Å²) in [5, 5.41) is 4.19. The fraction of sp³-hybridized carbons (Fsp3) is 0.524. The fourth-order valence-electron chi connectivity index (χ4n) is 4.57. The highest BCUT2D eigenvalue weighted by Crippen LogP contribution is 2.31. The maximum Gasteiger partial charge on any atom is 0.231 e. The predicted molar refractivity (Wildman–Crippen MR) is 105 cm³/mol. The Kier molecular flexibility index (Phi) is 4.58. The van der Waals surface area contributed by atoms with Gasteiger partial charge in [0.1, 0.15) is 0 Å². The van der Waals surface area contributed by atoms with Crippen LogP contribution in [0.25, 0.3) is 22.4 Å². The number of carbonyl (C=O) groups is 1. The molecule has 7 heteroatoms. The number of fused-ring (bicyclic) bond motifs is 1. The predicted octanol–water partition coefficient (Wildman–Crippen LogP) is 3.90. The van der Waals surface area contributed by atoms with Crippen molar-refractivity contribution in [2.75, 3.05) is 13.1 Å². The minimum atomic E-state index is 0.124. The number of aromatic nitrogens is 4. The third kappa shape index (κ3) is 3.41. The van der Waals surface area contributed by atoms with E-state index in [1.165, 1.54) is 32.1 Å². The molecule has 2 aromatic heterocycles. The number of hydrogen-bond donors (Lipinski definition) is 1. The van der Waals surface area contributed by atoms with E-state index < -0.39 is 0 Å².